The van der Waals surface area contributed by atoms with Gasteiger partial charge in [-0.25, -0.2) is 0 Å². The van der Waals surface area contributed by atoms with Crippen LogP contribution in [0.3, 0.4) is 0 Å². The first-order valence-electron chi connectivity index (χ1n) is 7.30. The summed E-state index contributed by atoms with van der Waals surface area (Å²) in [5.74, 6) is -0.572. The number of hydrogen-bond donors (Lipinski definition) is 0. The van der Waals surface area contributed by atoms with Crippen molar-refractivity contribution in [2.24, 2.45) is 5.92 Å². The van der Waals surface area contributed by atoms with Gasteiger partial charge >= 0.3 is 5.97 Å². The number of carbonyl (C=O) groups is 1. The second kappa shape index (κ2) is 6.01. The lowest BCUT2D eigenvalue weighted by Crippen LogP contribution is -2.40. The van der Waals surface area contributed by atoms with Crippen molar-refractivity contribution in [3.63, 3.8) is 0 Å². The molecule has 1 fully saturated rings. The van der Waals surface area contributed by atoms with Gasteiger partial charge in [0.1, 0.15) is 5.60 Å². The molecule has 0 amide bonds. The minimum atomic E-state index is -3.77. The fourth-order valence-electron chi connectivity index (χ4n) is 2.16. The van der Waals surface area contributed by atoms with E-state index in [0.717, 1.165) is 5.56 Å². The van der Waals surface area contributed by atoms with E-state index in [0.29, 0.717) is 12.8 Å². The molecule has 5 nitrogen and oxygen atoms in total. The standard InChI is InChI=1S/C16H22O5S/c1-11-5-7-14(8-6-11)22(18,19)21-13-9-12(10-13)15(17)20-16(2,3)4/h5-8,12-13H,9-10H2,1-4H3/t12-,13+. The van der Waals surface area contributed by atoms with Gasteiger partial charge in [-0.15, -0.1) is 0 Å². The third kappa shape index (κ3) is 4.30. The largest absolute Gasteiger partial charge is 0.460 e. The van der Waals surface area contributed by atoms with E-state index in [1.165, 1.54) is 12.1 Å². The summed E-state index contributed by atoms with van der Waals surface area (Å²) in [5.41, 5.74) is 0.448. The van der Waals surface area contributed by atoms with Crippen LogP contribution in [0.2, 0.25) is 0 Å². The lowest BCUT2D eigenvalue weighted by Gasteiger charge is -2.34. The van der Waals surface area contributed by atoms with Gasteiger partial charge in [-0.05, 0) is 52.7 Å². The smallest absolute Gasteiger partial charge is 0.309 e. The van der Waals surface area contributed by atoms with Gasteiger partial charge in [0.15, 0.2) is 0 Å². The molecule has 122 valence electrons. The highest BCUT2D eigenvalue weighted by Crippen LogP contribution is 2.34. The average molecular weight is 326 g/mol. The van der Waals surface area contributed by atoms with Gasteiger partial charge in [-0.3, -0.25) is 8.98 Å². The van der Waals surface area contributed by atoms with Crippen molar-refractivity contribution < 1.29 is 22.1 Å². The quantitative estimate of drug-likeness (QED) is 0.628. The summed E-state index contributed by atoms with van der Waals surface area (Å²) in [5, 5.41) is 0. The van der Waals surface area contributed by atoms with Gasteiger partial charge in [-0.1, -0.05) is 17.7 Å². The molecule has 1 aromatic carbocycles. The maximum absolute atomic E-state index is 12.1. The van der Waals surface area contributed by atoms with Crippen LogP contribution in [0.15, 0.2) is 29.2 Å². The second-order valence-corrected chi connectivity index (χ2v) is 8.26. The fraction of sp³-hybridized carbons (Fsp3) is 0.562. The molecule has 6 heteroatoms. The summed E-state index contributed by atoms with van der Waals surface area (Å²) < 4.78 is 34.7. The molecule has 1 aromatic rings. The van der Waals surface area contributed by atoms with E-state index in [1.807, 2.05) is 6.92 Å². The summed E-state index contributed by atoms with van der Waals surface area (Å²) in [6.07, 6.45) is 0.295. The summed E-state index contributed by atoms with van der Waals surface area (Å²) in [7, 11) is -3.77. The van der Waals surface area contributed by atoms with Crippen molar-refractivity contribution in [1.29, 1.82) is 0 Å². The van der Waals surface area contributed by atoms with Crippen LogP contribution < -0.4 is 0 Å². The normalized spacial score (nSPS) is 22.0. The van der Waals surface area contributed by atoms with Crippen LogP contribution in [0.1, 0.15) is 39.2 Å². The molecule has 0 atom stereocenters. The first-order valence-corrected chi connectivity index (χ1v) is 8.70. The Morgan fingerprint density at radius 2 is 1.68 bits per heavy atom. The first kappa shape index (κ1) is 17.0. The van der Waals surface area contributed by atoms with E-state index in [4.69, 9.17) is 8.92 Å². The minimum Gasteiger partial charge on any atom is -0.460 e. The zero-order valence-electron chi connectivity index (χ0n) is 13.3. The van der Waals surface area contributed by atoms with E-state index in [1.54, 1.807) is 32.9 Å². The van der Waals surface area contributed by atoms with E-state index in [9.17, 15) is 13.2 Å². The molecule has 2 rings (SSSR count). The van der Waals surface area contributed by atoms with Gasteiger partial charge in [-0.2, -0.15) is 8.42 Å². The number of ether oxygens (including phenoxy) is 1. The molecule has 1 aliphatic rings. The molecule has 0 bridgehead atoms. The van der Waals surface area contributed by atoms with Crippen molar-refractivity contribution in [1.82, 2.24) is 0 Å². The van der Waals surface area contributed by atoms with Gasteiger partial charge in [0.2, 0.25) is 0 Å². The molecule has 0 saturated heterocycles. The Morgan fingerprint density at radius 3 is 2.18 bits per heavy atom. The molecule has 1 saturated carbocycles. The molecule has 22 heavy (non-hydrogen) atoms. The predicted molar refractivity (Wildman–Crippen MR) is 81.8 cm³/mol. The van der Waals surface area contributed by atoms with Gasteiger partial charge in [0.25, 0.3) is 10.1 Å². The highest BCUT2D eigenvalue weighted by Gasteiger charge is 2.40. The van der Waals surface area contributed by atoms with Crippen molar-refractivity contribution in [2.75, 3.05) is 0 Å². The Kier molecular flexibility index (Phi) is 4.63. The highest BCUT2D eigenvalue weighted by atomic mass is 32.2. The molecule has 0 radical (unpaired) electrons. The fourth-order valence-corrected chi connectivity index (χ4v) is 3.26. The third-order valence-electron chi connectivity index (χ3n) is 3.41. The molecule has 0 unspecified atom stereocenters. The average Bonchev–Trinajstić information content (AvgIpc) is 2.31. The van der Waals surface area contributed by atoms with E-state index in [2.05, 4.69) is 0 Å². The van der Waals surface area contributed by atoms with Crippen LogP contribution in [-0.2, 0) is 23.8 Å². The summed E-state index contributed by atoms with van der Waals surface area (Å²) in [4.78, 5) is 12.0. The summed E-state index contributed by atoms with van der Waals surface area (Å²) in [6.45, 7) is 7.30. The van der Waals surface area contributed by atoms with Crippen molar-refractivity contribution in [3.05, 3.63) is 29.8 Å². The van der Waals surface area contributed by atoms with Gasteiger partial charge < -0.3 is 4.74 Å². The number of rotatable bonds is 4. The van der Waals surface area contributed by atoms with E-state index < -0.39 is 21.8 Å². The Hall–Kier alpha value is -1.40. The number of hydrogen-bond acceptors (Lipinski definition) is 5. The van der Waals surface area contributed by atoms with Crippen molar-refractivity contribution in [2.45, 2.75) is 57.1 Å². The van der Waals surface area contributed by atoms with Crippen LogP contribution in [0.25, 0.3) is 0 Å². The van der Waals surface area contributed by atoms with Gasteiger partial charge in [0.05, 0.1) is 16.9 Å². The van der Waals surface area contributed by atoms with Crippen LogP contribution in [0.5, 0.6) is 0 Å². The number of aryl methyl sites for hydroxylation is 1. The van der Waals surface area contributed by atoms with Crippen molar-refractivity contribution >= 4 is 16.1 Å². The maximum Gasteiger partial charge on any atom is 0.309 e. The van der Waals surface area contributed by atoms with Crippen molar-refractivity contribution in [3.8, 4) is 0 Å². The maximum atomic E-state index is 12.1. The molecular weight excluding hydrogens is 304 g/mol. The van der Waals surface area contributed by atoms with E-state index in [-0.39, 0.29) is 16.8 Å². The Bertz CT molecular complexity index is 634. The molecule has 1 aliphatic carbocycles. The number of carbonyl (C=O) groups excluding carboxylic acids is 1. The zero-order valence-corrected chi connectivity index (χ0v) is 14.1. The molecule has 0 heterocycles. The van der Waals surface area contributed by atoms with E-state index >= 15 is 0 Å². The topological polar surface area (TPSA) is 69.7 Å². The Morgan fingerprint density at radius 1 is 1.14 bits per heavy atom. The SMILES string of the molecule is Cc1ccc(S(=O)(=O)O[C@H]2C[C@@H](C(=O)OC(C)(C)C)C2)cc1. The lowest BCUT2D eigenvalue weighted by atomic mass is 9.82. The Labute approximate surface area is 131 Å². The van der Waals surface area contributed by atoms with Crippen LogP contribution in [0, 0.1) is 12.8 Å². The second-order valence-electron chi connectivity index (χ2n) is 6.69. The molecule has 0 N–H and O–H groups in total. The van der Waals surface area contributed by atoms with Crippen LogP contribution >= 0.6 is 0 Å². The molecular formula is C16H22O5S. The summed E-state index contributed by atoms with van der Waals surface area (Å²) in [6, 6.07) is 6.49. The Balaban J connectivity index is 1.89. The number of esters is 1. The third-order valence-corrected chi connectivity index (χ3v) is 4.78. The predicted octanol–water partition coefficient (Wildman–Crippen LogP) is 2.82. The monoisotopic (exact) mass is 326 g/mol. The zero-order chi connectivity index (χ0) is 16.5. The summed E-state index contributed by atoms with van der Waals surface area (Å²) >= 11 is 0. The minimum absolute atomic E-state index is 0.138. The number of benzene rings is 1. The van der Waals surface area contributed by atoms with Crippen LogP contribution in [-0.4, -0.2) is 26.1 Å². The van der Waals surface area contributed by atoms with Gasteiger partial charge in [0, 0.05) is 0 Å². The van der Waals surface area contributed by atoms with Crippen LogP contribution in [0.4, 0.5) is 0 Å². The molecule has 0 aliphatic heterocycles. The molecule has 0 spiro atoms. The first-order chi connectivity index (χ1) is 10.1. The lowest BCUT2D eigenvalue weighted by molar-refractivity contribution is -0.166. The molecule has 0 aromatic heterocycles. The highest BCUT2D eigenvalue weighted by molar-refractivity contribution is 7.86.